The van der Waals surface area contributed by atoms with Crippen molar-refractivity contribution in [3.05, 3.63) is 23.2 Å². The predicted octanol–water partition coefficient (Wildman–Crippen LogP) is 2.06. The molecule has 2 N–H and O–H groups in total. The topological polar surface area (TPSA) is 72.6 Å². The van der Waals surface area contributed by atoms with Crippen LogP contribution in [0.25, 0.3) is 0 Å². The summed E-state index contributed by atoms with van der Waals surface area (Å²) in [5.74, 6) is 1.77. The molecule has 2 rings (SSSR count). The Morgan fingerprint density at radius 1 is 1.52 bits per heavy atom. The molecule has 1 fully saturated rings. The zero-order valence-corrected chi connectivity index (χ0v) is 14.2. The summed E-state index contributed by atoms with van der Waals surface area (Å²) in [7, 11) is -2.09. The second-order valence-corrected chi connectivity index (χ2v) is 8.25. The van der Waals surface area contributed by atoms with E-state index in [0.717, 1.165) is 17.9 Å². The Labute approximate surface area is 134 Å². The highest BCUT2D eigenvalue weighted by molar-refractivity contribution is 7.99. The summed E-state index contributed by atoms with van der Waals surface area (Å²) in [6.07, 6.45) is 0.848. The average molecular weight is 351 g/mol. The summed E-state index contributed by atoms with van der Waals surface area (Å²) in [6.45, 7) is 0.681. The first-order chi connectivity index (χ1) is 9.96. The van der Waals surface area contributed by atoms with E-state index in [2.05, 4.69) is 0 Å². The van der Waals surface area contributed by atoms with Crippen LogP contribution in [0.4, 0.5) is 5.69 Å². The third-order valence-corrected chi connectivity index (χ3v) is 6.79. The molecule has 1 aromatic rings. The van der Waals surface area contributed by atoms with Crippen LogP contribution in [0.3, 0.4) is 0 Å². The molecular formula is C13H19ClN2O3S2. The number of rotatable bonds is 6. The van der Waals surface area contributed by atoms with Crippen LogP contribution >= 0.6 is 23.4 Å². The van der Waals surface area contributed by atoms with E-state index >= 15 is 0 Å². The Morgan fingerprint density at radius 3 is 2.86 bits per heavy atom. The highest BCUT2D eigenvalue weighted by atomic mass is 35.5. The number of anilines is 1. The summed E-state index contributed by atoms with van der Waals surface area (Å²) in [5, 5.41) is 0.423. The van der Waals surface area contributed by atoms with Gasteiger partial charge in [0.15, 0.2) is 0 Å². The lowest BCUT2D eigenvalue weighted by atomic mass is 10.3. The molecule has 0 amide bonds. The quantitative estimate of drug-likeness (QED) is 0.795. The fraction of sp³-hybridized carbons (Fsp3) is 0.538. The van der Waals surface area contributed by atoms with Crippen LogP contribution in [0, 0.1) is 0 Å². The summed E-state index contributed by atoms with van der Waals surface area (Å²) in [5.41, 5.74) is 6.02. The van der Waals surface area contributed by atoms with E-state index in [0.29, 0.717) is 18.2 Å². The highest BCUT2D eigenvalue weighted by Gasteiger charge is 2.34. The number of nitrogens with zero attached hydrogens (tertiary/aromatic N) is 1. The number of hydrogen-bond donors (Lipinski definition) is 1. The average Bonchev–Trinajstić information content (AvgIpc) is 2.92. The zero-order chi connectivity index (χ0) is 15.5. The van der Waals surface area contributed by atoms with Gasteiger partial charge in [-0.05, 0) is 30.4 Å². The first-order valence-electron chi connectivity index (χ1n) is 6.60. The van der Waals surface area contributed by atoms with Crippen molar-refractivity contribution in [1.82, 2.24) is 4.31 Å². The molecule has 1 aliphatic heterocycles. The normalized spacial score (nSPS) is 19.3. The molecule has 1 atom stereocenters. The van der Waals surface area contributed by atoms with Crippen molar-refractivity contribution in [3.8, 4) is 0 Å². The predicted molar refractivity (Wildman–Crippen MR) is 87.4 cm³/mol. The Bertz CT molecular complexity index is 589. The number of halogens is 1. The van der Waals surface area contributed by atoms with Crippen molar-refractivity contribution in [1.29, 1.82) is 0 Å². The van der Waals surface area contributed by atoms with Crippen LogP contribution in [-0.4, -0.2) is 50.5 Å². The minimum Gasteiger partial charge on any atom is -0.398 e. The molecule has 1 heterocycles. The lowest BCUT2D eigenvalue weighted by Crippen LogP contribution is -2.42. The van der Waals surface area contributed by atoms with Crippen LogP contribution in [0.5, 0.6) is 0 Å². The Hall–Kier alpha value is -0.470. The molecule has 0 saturated carbocycles. The van der Waals surface area contributed by atoms with Crippen molar-refractivity contribution < 1.29 is 13.2 Å². The van der Waals surface area contributed by atoms with Gasteiger partial charge in [-0.2, -0.15) is 16.1 Å². The van der Waals surface area contributed by atoms with Gasteiger partial charge in [0.05, 0.1) is 12.3 Å². The standard InChI is InChI=1S/C13H19ClN2O3S2/c1-19-6-5-16(11-4-7-20-9-11)21(17,18)13-3-2-10(14)8-12(13)15/h2-3,8,11H,4-7,9,15H2,1H3. The second kappa shape index (κ2) is 7.19. The number of thioether (sulfide) groups is 1. The second-order valence-electron chi connectivity index (χ2n) is 4.81. The summed E-state index contributed by atoms with van der Waals surface area (Å²) < 4.78 is 32.3. The highest BCUT2D eigenvalue weighted by Crippen LogP contribution is 2.30. The SMILES string of the molecule is COCCN(C1CCSC1)S(=O)(=O)c1ccc(Cl)cc1N. The number of sulfonamides is 1. The molecule has 1 aromatic carbocycles. The lowest BCUT2D eigenvalue weighted by molar-refractivity contribution is 0.169. The maximum absolute atomic E-state index is 12.9. The van der Waals surface area contributed by atoms with E-state index in [9.17, 15) is 8.42 Å². The van der Waals surface area contributed by atoms with Gasteiger partial charge in [0.1, 0.15) is 4.90 Å². The molecule has 0 bridgehead atoms. The maximum atomic E-state index is 12.9. The number of ether oxygens (including phenoxy) is 1. The van der Waals surface area contributed by atoms with E-state index in [4.69, 9.17) is 22.1 Å². The van der Waals surface area contributed by atoms with Gasteiger partial charge in [-0.1, -0.05) is 11.6 Å². The largest absolute Gasteiger partial charge is 0.398 e. The first kappa shape index (κ1) is 16.9. The minimum atomic E-state index is -3.65. The van der Waals surface area contributed by atoms with Gasteiger partial charge in [0, 0.05) is 30.5 Å². The Kier molecular flexibility index (Phi) is 5.79. The van der Waals surface area contributed by atoms with Gasteiger partial charge in [-0.15, -0.1) is 0 Å². The summed E-state index contributed by atoms with van der Waals surface area (Å²) in [4.78, 5) is 0.111. The molecule has 1 aliphatic rings. The van der Waals surface area contributed by atoms with Gasteiger partial charge >= 0.3 is 0 Å². The number of methoxy groups -OCH3 is 1. The van der Waals surface area contributed by atoms with Crippen molar-refractivity contribution >= 4 is 39.1 Å². The smallest absolute Gasteiger partial charge is 0.245 e. The molecule has 0 aliphatic carbocycles. The van der Waals surface area contributed by atoms with Crippen LogP contribution in [0.1, 0.15) is 6.42 Å². The monoisotopic (exact) mass is 350 g/mol. The van der Waals surface area contributed by atoms with Crippen LogP contribution in [-0.2, 0) is 14.8 Å². The summed E-state index contributed by atoms with van der Waals surface area (Å²) in [6, 6.07) is 4.47. The molecule has 0 radical (unpaired) electrons. The maximum Gasteiger partial charge on any atom is 0.245 e. The summed E-state index contributed by atoms with van der Waals surface area (Å²) >= 11 is 7.61. The fourth-order valence-electron chi connectivity index (χ4n) is 2.31. The van der Waals surface area contributed by atoms with Crippen molar-refractivity contribution in [2.45, 2.75) is 17.4 Å². The third-order valence-electron chi connectivity index (χ3n) is 3.39. The molecule has 0 spiro atoms. The van der Waals surface area contributed by atoms with E-state index in [1.807, 2.05) is 0 Å². The zero-order valence-electron chi connectivity index (χ0n) is 11.8. The van der Waals surface area contributed by atoms with Crippen LogP contribution < -0.4 is 5.73 Å². The number of hydrogen-bond acceptors (Lipinski definition) is 5. The van der Waals surface area contributed by atoms with E-state index in [1.54, 1.807) is 24.9 Å². The lowest BCUT2D eigenvalue weighted by Gasteiger charge is -2.28. The molecule has 8 heteroatoms. The molecule has 1 unspecified atom stereocenters. The van der Waals surface area contributed by atoms with E-state index in [1.165, 1.54) is 16.4 Å². The van der Waals surface area contributed by atoms with Gasteiger partial charge in [0.2, 0.25) is 10.0 Å². The number of nitrogen functional groups attached to an aromatic ring is 1. The van der Waals surface area contributed by atoms with Crippen molar-refractivity contribution in [2.75, 3.05) is 37.5 Å². The van der Waals surface area contributed by atoms with Crippen LogP contribution in [0.15, 0.2) is 23.1 Å². The van der Waals surface area contributed by atoms with Gasteiger partial charge < -0.3 is 10.5 Å². The molecule has 0 aromatic heterocycles. The minimum absolute atomic E-state index is 0.00905. The van der Waals surface area contributed by atoms with E-state index in [-0.39, 0.29) is 16.6 Å². The molecule has 21 heavy (non-hydrogen) atoms. The molecular weight excluding hydrogens is 332 g/mol. The van der Waals surface area contributed by atoms with Gasteiger partial charge in [-0.25, -0.2) is 8.42 Å². The number of nitrogens with two attached hydrogens (primary N) is 1. The first-order valence-corrected chi connectivity index (χ1v) is 9.57. The van der Waals surface area contributed by atoms with Crippen molar-refractivity contribution in [3.63, 3.8) is 0 Å². The Balaban J connectivity index is 2.35. The molecule has 1 saturated heterocycles. The van der Waals surface area contributed by atoms with Crippen LogP contribution in [0.2, 0.25) is 5.02 Å². The van der Waals surface area contributed by atoms with Gasteiger partial charge in [-0.3, -0.25) is 0 Å². The van der Waals surface area contributed by atoms with Crippen molar-refractivity contribution in [2.24, 2.45) is 0 Å². The number of benzene rings is 1. The Morgan fingerprint density at radius 2 is 2.29 bits per heavy atom. The third kappa shape index (κ3) is 3.84. The van der Waals surface area contributed by atoms with E-state index < -0.39 is 10.0 Å². The van der Waals surface area contributed by atoms with Gasteiger partial charge in [0.25, 0.3) is 0 Å². The molecule has 118 valence electrons. The fourth-order valence-corrected chi connectivity index (χ4v) is 5.55. The molecule has 5 nitrogen and oxygen atoms in total.